The number of methoxy groups -OCH3 is 2. The Bertz CT molecular complexity index is 483. The summed E-state index contributed by atoms with van der Waals surface area (Å²) in [5.41, 5.74) is 0.473. The number of rotatable bonds is 6. The quantitative estimate of drug-likeness (QED) is 0.753. The van der Waals surface area contributed by atoms with Crippen LogP contribution in [0.3, 0.4) is 0 Å². The first-order valence-electron chi connectivity index (χ1n) is 7.29. The van der Waals surface area contributed by atoms with Gasteiger partial charge in [0.05, 0.1) is 19.8 Å². The number of ether oxygens (including phenoxy) is 3. The van der Waals surface area contributed by atoms with Crippen LogP contribution in [0.25, 0.3) is 0 Å². The van der Waals surface area contributed by atoms with Crippen LogP contribution < -0.4 is 9.47 Å². The maximum absolute atomic E-state index is 12.2. The lowest BCUT2D eigenvalue weighted by Crippen LogP contribution is -2.31. The van der Waals surface area contributed by atoms with Crippen molar-refractivity contribution in [2.75, 3.05) is 33.9 Å². The molecule has 0 aliphatic carbocycles. The Morgan fingerprint density at radius 1 is 1.19 bits per heavy atom. The van der Waals surface area contributed by atoms with Gasteiger partial charge in [-0.1, -0.05) is 0 Å². The van der Waals surface area contributed by atoms with Gasteiger partial charge >= 0.3 is 5.97 Å². The molecule has 1 heterocycles. The standard InChI is InChI=1S/C16H23NO4/c1-12(11-17-8-4-5-9-17)21-16(18)13-6-7-14(19-2)15(10-13)20-3/h6-7,10,12H,4-5,8-9,11H2,1-3H3/t12-/m0/s1. The minimum Gasteiger partial charge on any atom is -0.493 e. The number of benzene rings is 1. The first-order chi connectivity index (χ1) is 10.1. The highest BCUT2D eigenvalue weighted by Crippen LogP contribution is 2.27. The Morgan fingerprint density at radius 3 is 2.48 bits per heavy atom. The molecule has 1 aliphatic heterocycles. The molecule has 1 aliphatic rings. The molecule has 0 amide bonds. The molecular weight excluding hydrogens is 270 g/mol. The van der Waals surface area contributed by atoms with Gasteiger partial charge in [0.25, 0.3) is 0 Å². The second-order valence-electron chi connectivity index (χ2n) is 5.29. The van der Waals surface area contributed by atoms with E-state index in [1.54, 1.807) is 32.4 Å². The summed E-state index contributed by atoms with van der Waals surface area (Å²) in [5.74, 6) is 0.793. The van der Waals surface area contributed by atoms with Crippen LogP contribution >= 0.6 is 0 Å². The number of hydrogen-bond donors (Lipinski definition) is 0. The Labute approximate surface area is 125 Å². The summed E-state index contributed by atoms with van der Waals surface area (Å²) in [6.07, 6.45) is 2.34. The highest BCUT2D eigenvalue weighted by molar-refractivity contribution is 5.90. The molecule has 116 valence electrons. The lowest BCUT2D eigenvalue weighted by molar-refractivity contribution is 0.0271. The first kappa shape index (κ1) is 15.6. The van der Waals surface area contributed by atoms with Crippen molar-refractivity contribution in [3.05, 3.63) is 23.8 Å². The van der Waals surface area contributed by atoms with Crippen LogP contribution in [0.1, 0.15) is 30.1 Å². The van der Waals surface area contributed by atoms with E-state index in [2.05, 4.69) is 4.90 Å². The molecule has 0 unspecified atom stereocenters. The van der Waals surface area contributed by atoms with Crippen molar-refractivity contribution >= 4 is 5.97 Å². The van der Waals surface area contributed by atoms with Gasteiger partial charge in [-0.2, -0.15) is 0 Å². The van der Waals surface area contributed by atoms with E-state index in [1.165, 1.54) is 12.8 Å². The Morgan fingerprint density at radius 2 is 1.86 bits per heavy atom. The molecule has 1 aromatic rings. The van der Waals surface area contributed by atoms with E-state index in [-0.39, 0.29) is 12.1 Å². The van der Waals surface area contributed by atoms with E-state index in [1.807, 2.05) is 6.92 Å². The molecule has 1 atom stereocenters. The van der Waals surface area contributed by atoms with Crippen LogP contribution in [0.2, 0.25) is 0 Å². The third-order valence-electron chi connectivity index (χ3n) is 3.64. The summed E-state index contributed by atoms with van der Waals surface area (Å²) in [7, 11) is 3.11. The van der Waals surface area contributed by atoms with Crippen molar-refractivity contribution in [1.82, 2.24) is 4.90 Å². The number of likely N-dealkylation sites (tertiary alicyclic amines) is 1. The first-order valence-corrected chi connectivity index (χ1v) is 7.29. The summed E-state index contributed by atoms with van der Waals surface area (Å²) in [6, 6.07) is 5.04. The van der Waals surface area contributed by atoms with Crippen LogP contribution in [0.5, 0.6) is 11.5 Å². The fourth-order valence-corrected chi connectivity index (χ4v) is 2.58. The number of carbonyl (C=O) groups is 1. The van der Waals surface area contributed by atoms with Crippen LogP contribution in [0.4, 0.5) is 0 Å². The van der Waals surface area contributed by atoms with Crippen LogP contribution in [0.15, 0.2) is 18.2 Å². The van der Waals surface area contributed by atoms with Gasteiger partial charge in [-0.3, -0.25) is 4.90 Å². The molecule has 0 radical (unpaired) electrons. The molecule has 0 spiro atoms. The largest absolute Gasteiger partial charge is 0.493 e. The maximum Gasteiger partial charge on any atom is 0.338 e. The van der Waals surface area contributed by atoms with Crippen molar-refractivity contribution in [3.8, 4) is 11.5 Å². The minimum atomic E-state index is -0.331. The predicted molar refractivity (Wildman–Crippen MR) is 80.1 cm³/mol. The predicted octanol–water partition coefficient (Wildman–Crippen LogP) is 2.34. The molecule has 5 nitrogen and oxygen atoms in total. The average molecular weight is 293 g/mol. The Kier molecular flexibility index (Phi) is 5.44. The molecule has 0 bridgehead atoms. The third-order valence-corrected chi connectivity index (χ3v) is 3.64. The lowest BCUT2D eigenvalue weighted by Gasteiger charge is -2.20. The number of esters is 1. The fraction of sp³-hybridized carbons (Fsp3) is 0.562. The SMILES string of the molecule is COc1ccc(C(=O)O[C@@H](C)CN2CCCC2)cc1OC. The van der Waals surface area contributed by atoms with Crippen molar-refractivity contribution in [2.45, 2.75) is 25.9 Å². The zero-order valence-corrected chi connectivity index (χ0v) is 12.9. The zero-order chi connectivity index (χ0) is 15.2. The van der Waals surface area contributed by atoms with Gasteiger partial charge in [-0.05, 0) is 51.1 Å². The van der Waals surface area contributed by atoms with Gasteiger partial charge in [0.1, 0.15) is 6.10 Å². The van der Waals surface area contributed by atoms with Gasteiger partial charge < -0.3 is 14.2 Å². The molecule has 0 saturated carbocycles. The number of carbonyl (C=O) groups excluding carboxylic acids is 1. The average Bonchev–Trinajstić information content (AvgIpc) is 2.99. The summed E-state index contributed by atoms with van der Waals surface area (Å²) in [5, 5.41) is 0. The summed E-state index contributed by atoms with van der Waals surface area (Å²) in [6.45, 7) is 4.91. The van der Waals surface area contributed by atoms with Crippen LogP contribution in [0, 0.1) is 0 Å². The number of nitrogens with zero attached hydrogens (tertiary/aromatic N) is 1. The normalized spacial score (nSPS) is 16.5. The molecule has 2 rings (SSSR count). The second-order valence-corrected chi connectivity index (χ2v) is 5.29. The van der Waals surface area contributed by atoms with Crippen LogP contribution in [-0.2, 0) is 4.74 Å². The molecule has 0 aromatic heterocycles. The molecule has 1 aromatic carbocycles. The van der Waals surface area contributed by atoms with Gasteiger partial charge in [0.15, 0.2) is 11.5 Å². The topological polar surface area (TPSA) is 48.0 Å². The van der Waals surface area contributed by atoms with E-state index in [0.29, 0.717) is 17.1 Å². The van der Waals surface area contributed by atoms with Gasteiger partial charge in [-0.15, -0.1) is 0 Å². The molecule has 1 fully saturated rings. The van der Waals surface area contributed by atoms with E-state index in [9.17, 15) is 4.79 Å². The smallest absolute Gasteiger partial charge is 0.338 e. The molecule has 1 saturated heterocycles. The monoisotopic (exact) mass is 293 g/mol. The van der Waals surface area contributed by atoms with Crippen molar-refractivity contribution in [1.29, 1.82) is 0 Å². The highest BCUT2D eigenvalue weighted by Gasteiger charge is 2.19. The Hall–Kier alpha value is -1.75. The second kappa shape index (κ2) is 7.31. The van der Waals surface area contributed by atoms with Gasteiger partial charge in [0, 0.05) is 6.54 Å². The highest BCUT2D eigenvalue weighted by atomic mass is 16.5. The van der Waals surface area contributed by atoms with Crippen molar-refractivity contribution in [3.63, 3.8) is 0 Å². The maximum atomic E-state index is 12.2. The lowest BCUT2D eigenvalue weighted by atomic mass is 10.2. The van der Waals surface area contributed by atoms with Gasteiger partial charge in [-0.25, -0.2) is 4.79 Å². The molecule has 5 heteroatoms. The summed E-state index contributed by atoms with van der Waals surface area (Å²) in [4.78, 5) is 14.5. The molecule has 21 heavy (non-hydrogen) atoms. The molecule has 0 N–H and O–H groups in total. The van der Waals surface area contributed by atoms with Crippen molar-refractivity contribution < 1.29 is 19.0 Å². The van der Waals surface area contributed by atoms with E-state index in [0.717, 1.165) is 19.6 Å². The fourth-order valence-electron chi connectivity index (χ4n) is 2.58. The van der Waals surface area contributed by atoms with E-state index in [4.69, 9.17) is 14.2 Å². The van der Waals surface area contributed by atoms with E-state index >= 15 is 0 Å². The Balaban J connectivity index is 1.95. The summed E-state index contributed by atoms with van der Waals surface area (Å²) < 4.78 is 15.8. The summed E-state index contributed by atoms with van der Waals surface area (Å²) >= 11 is 0. The number of hydrogen-bond acceptors (Lipinski definition) is 5. The van der Waals surface area contributed by atoms with Crippen LogP contribution in [-0.4, -0.2) is 50.8 Å². The van der Waals surface area contributed by atoms with Gasteiger partial charge in [0.2, 0.25) is 0 Å². The zero-order valence-electron chi connectivity index (χ0n) is 12.9. The van der Waals surface area contributed by atoms with Crippen molar-refractivity contribution in [2.24, 2.45) is 0 Å². The minimum absolute atomic E-state index is 0.122. The molecular formula is C16H23NO4. The van der Waals surface area contributed by atoms with E-state index < -0.39 is 0 Å². The third kappa shape index (κ3) is 4.11.